The van der Waals surface area contributed by atoms with Gasteiger partial charge in [0.15, 0.2) is 0 Å². The van der Waals surface area contributed by atoms with Crippen molar-refractivity contribution in [1.82, 2.24) is 44.1 Å². The molecule has 0 radical (unpaired) electrons. The second-order valence-corrected chi connectivity index (χ2v) is 41.7. The molecule has 8 fully saturated rings. The van der Waals surface area contributed by atoms with Gasteiger partial charge in [0.25, 0.3) is 0 Å². The van der Waals surface area contributed by atoms with Gasteiger partial charge in [0.05, 0.1) is 19.8 Å². The van der Waals surface area contributed by atoms with E-state index in [4.69, 9.17) is 28.4 Å². The van der Waals surface area contributed by atoms with Crippen molar-refractivity contribution in [2.45, 2.75) is 330 Å². The molecule has 15 nitrogen and oxygen atoms in total. The standard InChI is InChI=1S/C20H32N2O.C19H30N2O.C18H30N2O.C17H27NO.C16H25NO.C15H23NO/c1-20(2,3)22-13-7-9-18(22)17-8-5-6-10-19(17)23-16-11-14-21(4)15-12-16;1-19(2,3)21-12-7-9-17(21)16-8-5-6-10-18(16)22-15-11-13-20(4)14-15;1-18(2,3)20-12-8-10-16(20)15-9-6-7-11-17(15)21-14-13-19(4)5;1-13(2)19-16-11-7-6-9-14(16)15-10-8-12-18(15)17(3,4)5;1-5-18-15-11-7-6-9-13(15)14-10-8-12-17(14)16(2,3)4;1-15(2,3)16-11-7-9-13(16)12-8-5-6-10-14(12)17-4/h5-6,8,10,16,18H,7,9,11-15H2,1-4H3;5-6,8,10,15,17H,7,9,11-14H2,1-4H3;6-7,9,11,16H,8,10,12-14H2,1-5H3;6-7,9,11,13,15H,8,10,12H2,1-5H3;6-7,9,11,14H,5,8,10,12H2,1-4H3;5-6,8,10,13H,7,9,11H2,1-4H3/t;;;15-;14-;13-/m...000/s1. The van der Waals surface area contributed by atoms with Crippen molar-refractivity contribution < 1.29 is 28.4 Å². The molecule has 6 aromatic rings. The molecule has 7 atom stereocenters. The molecule has 0 aliphatic carbocycles. The molecule has 0 amide bonds. The second kappa shape index (κ2) is 44.6. The van der Waals surface area contributed by atoms with Crippen molar-refractivity contribution in [2.24, 2.45) is 0 Å². The zero-order valence-corrected chi connectivity index (χ0v) is 80.3. The lowest BCUT2D eigenvalue weighted by molar-refractivity contribution is 0.101. The Kier molecular flexibility index (Phi) is 36.2. The number of likely N-dealkylation sites (N-methyl/N-ethyl adjacent to an activating group) is 2. The van der Waals surface area contributed by atoms with E-state index in [-0.39, 0.29) is 39.3 Å². The van der Waals surface area contributed by atoms with Gasteiger partial charge in [-0.2, -0.15) is 0 Å². The van der Waals surface area contributed by atoms with Crippen molar-refractivity contribution in [1.29, 1.82) is 0 Å². The summed E-state index contributed by atoms with van der Waals surface area (Å²) in [4.78, 5) is 22.6. The summed E-state index contributed by atoms with van der Waals surface area (Å²) in [6, 6.07) is 54.4. The van der Waals surface area contributed by atoms with Gasteiger partial charge in [0, 0.05) is 136 Å². The number of hydrogen-bond acceptors (Lipinski definition) is 15. The Bertz CT molecular complexity index is 3980. The van der Waals surface area contributed by atoms with E-state index in [0.717, 1.165) is 99.7 Å². The topological polar surface area (TPSA) is 84.5 Å². The van der Waals surface area contributed by atoms with Crippen LogP contribution in [0.4, 0.5) is 0 Å². The van der Waals surface area contributed by atoms with Gasteiger partial charge in [-0.15, -0.1) is 0 Å². The summed E-state index contributed by atoms with van der Waals surface area (Å²) < 4.78 is 36.2. The van der Waals surface area contributed by atoms with E-state index in [9.17, 15) is 0 Å². The minimum absolute atomic E-state index is 0.206. The summed E-state index contributed by atoms with van der Waals surface area (Å²) in [5.74, 6) is 6.40. The van der Waals surface area contributed by atoms with Crippen LogP contribution in [0.1, 0.15) is 311 Å². The Morgan fingerprint density at radius 2 is 0.583 bits per heavy atom. The van der Waals surface area contributed by atoms with Gasteiger partial charge < -0.3 is 43.1 Å². The van der Waals surface area contributed by atoms with Crippen LogP contribution in [0.25, 0.3) is 0 Å². The smallest absolute Gasteiger partial charge is 0.124 e. The van der Waals surface area contributed by atoms with Crippen LogP contribution in [0.15, 0.2) is 146 Å². The molecule has 0 spiro atoms. The summed E-state index contributed by atoms with van der Waals surface area (Å²) >= 11 is 0. The Hall–Kier alpha value is -6.24. The Morgan fingerprint density at radius 1 is 0.325 bits per heavy atom. The maximum atomic E-state index is 6.45. The zero-order chi connectivity index (χ0) is 87.3. The molecule has 120 heavy (non-hydrogen) atoms. The van der Waals surface area contributed by atoms with Crippen LogP contribution >= 0.6 is 0 Å². The summed E-state index contributed by atoms with van der Waals surface area (Å²) in [6.07, 6.45) is 19.4. The molecule has 8 saturated heterocycles. The van der Waals surface area contributed by atoms with Crippen LogP contribution in [0.3, 0.4) is 0 Å². The number of benzene rings is 6. The number of hydrogen-bond donors (Lipinski definition) is 0. The average Bonchev–Trinajstić information content (AvgIpc) is 1.65. The first kappa shape index (κ1) is 97.6. The molecule has 0 N–H and O–H groups in total. The lowest BCUT2D eigenvalue weighted by Crippen LogP contribution is -2.41. The maximum absolute atomic E-state index is 6.45. The van der Waals surface area contributed by atoms with Crippen LogP contribution in [-0.2, 0) is 0 Å². The van der Waals surface area contributed by atoms with Crippen LogP contribution in [0.5, 0.6) is 34.5 Å². The molecular weight excluding hydrogens is 1480 g/mol. The molecule has 6 aromatic carbocycles. The number of para-hydroxylation sites is 6. The molecule has 8 aliphatic rings. The van der Waals surface area contributed by atoms with E-state index in [0.29, 0.717) is 48.5 Å². The largest absolute Gasteiger partial charge is 0.496 e. The van der Waals surface area contributed by atoms with Crippen LogP contribution < -0.4 is 28.4 Å². The predicted molar refractivity (Wildman–Crippen MR) is 504 cm³/mol. The quantitative estimate of drug-likeness (QED) is 0.0771. The van der Waals surface area contributed by atoms with Crippen molar-refractivity contribution >= 4 is 0 Å². The SMILES string of the molecule is CC(C)Oc1ccccc1[C@@H]1CCCN1C(C)(C)C.CCOc1ccccc1[C@@H]1CCCN1C(C)(C)C.CN(C)CCOc1ccccc1C1CCCN1C(C)(C)C.CN1CCC(Oc2ccccc2C2CCCN2C(C)(C)C)C1.CN1CCC(Oc2ccccc2C2CCCN2C(C)(C)C)CC1.COc1ccccc1[C@@H]1CCCN1C(C)(C)C. The van der Waals surface area contributed by atoms with Gasteiger partial charge in [-0.1, -0.05) is 109 Å². The van der Waals surface area contributed by atoms with Gasteiger partial charge in [-0.3, -0.25) is 29.4 Å². The summed E-state index contributed by atoms with van der Waals surface area (Å²) in [5.41, 5.74) is 9.45. The Morgan fingerprint density at radius 3 is 0.875 bits per heavy atom. The fraction of sp³-hybridized carbons (Fsp3) is 0.657. The average molecular weight is 1650 g/mol. The molecule has 15 heteroatoms. The molecule has 8 heterocycles. The first-order chi connectivity index (χ1) is 56.8. The molecular formula is C105H167N9O6. The fourth-order valence-electron chi connectivity index (χ4n) is 19.9. The Balaban J connectivity index is 0.000000164. The van der Waals surface area contributed by atoms with E-state index in [2.05, 4.69) is 350 Å². The Labute approximate surface area is 731 Å². The molecule has 8 aliphatic heterocycles. The third kappa shape index (κ3) is 27.9. The number of piperidine rings is 1. The number of methoxy groups -OCH3 is 1. The molecule has 14 rings (SSSR count). The molecule has 0 bridgehead atoms. The number of nitrogens with zero attached hydrogens (tertiary/aromatic N) is 9. The first-order valence-electron chi connectivity index (χ1n) is 46.7. The summed E-state index contributed by atoms with van der Waals surface area (Å²) in [5, 5.41) is 0. The van der Waals surface area contributed by atoms with Crippen molar-refractivity contribution in [2.75, 3.05) is 121 Å². The lowest BCUT2D eigenvalue weighted by Gasteiger charge is -2.38. The molecule has 0 saturated carbocycles. The number of likely N-dealkylation sites (tertiary alicyclic amines) is 8. The number of rotatable bonds is 19. The molecule has 4 unspecified atom stereocenters. The van der Waals surface area contributed by atoms with Gasteiger partial charge >= 0.3 is 0 Å². The summed E-state index contributed by atoms with van der Waals surface area (Å²) in [7, 11) is 10.3. The highest BCUT2D eigenvalue weighted by molar-refractivity contribution is 5.42. The van der Waals surface area contributed by atoms with E-state index in [1.807, 2.05) is 13.0 Å². The molecule has 0 aromatic heterocycles. The van der Waals surface area contributed by atoms with E-state index >= 15 is 0 Å². The minimum Gasteiger partial charge on any atom is -0.496 e. The normalized spacial score (nSPS) is 22.9. The fourth-order valence-corrected chi connectivity index (χ4v) is 19.9. The second-order valence-electron chi connectivity index (χ2n) is 41.7. The zero-order valence-electron chi connectivity index (χ0n) is 80.3. The highest BCUT2D eigenvalue weighted by Gasteiger charge is 2.42. The van der Waals surface area contributed by atoms with E-state index < -0.39 is 0 Å². The van der Waals surface area contributed by atoms with Crippen LogP contribution in [0, 0.1) is 0 Å². The predicted octanol–water partition coefficient (Wildman–Crippen LogP) is 23.4. The summed E-state index contributed by atoms with van der Waals surface area (Å²) in [6.45, 7) is 61.8. The highest BCUT2D eigenvalue weighted by atomic mass is 16.5. The van der Waals surface area contributed by atoms with Gasteiger partial charge in [-0.05, 0) is 346 Å². The van der Waals surface area contributed by atoms with Gasteiger partial charge in [0.1, 0.15) is 53.3 Å². The lowest BCUT2D eigenvalue weighted by atomic mass is 9.98. The van der Waals surface area contributed by atoms with Crippen molar-refractivity contribution in [3.8, 4) is 34.5 Å². The monoisotopic (exact) mass is 1650 g/mol. The van der Waals surface area contributed by atoms with E-state index in [1.165, 1.54) is 150 Å². The molecule has 668 valence electrons. The van der Waals surface area contributed by atoms with Crippen LogP contribution in [-0.4, -0.2) is 216 Å². The first-order valence-corrected chi connectivity index (χ1v) is 46.7. The van der Waals surface area contributed by atoms with Gasteiger partial charge in [-0.25, -0.2) is 0 Å². The number of ether oxygens (including phenoxy) is 6. The third-order valence-corrected chi connectivity index (χ3v) is 25.6. The maximum Gasteiger partial charge on any atom is 0.124 e. The minimum atomic E-state index is 0.206. The van der Waals surface area contributed by atoms with Crippen molar-refractivity contribution in [3.63, 3.8) is 0 Å². The van der Waals surface area contributed by atoms with Crippen LogP contribution in [0.2, 0.25) is 0 Å². The third-order valence-electron chi connectivity index (χ3n) is 25.6. The van der Waals surface area contributed by atoms with E-state index in [1.54, 1.807) is 7.11 Å². The van der Waals surface area contributed by atoms with Crippen molar-refractivity contribution in [3.05, 3.63) is 179 Å². The highest BCUT2D eigenvalue weighted by Crippen LogP contribution is 2.48. The van der Waals surface area contributed by atoms with Gasteiger partial charge in [0.2, 0.25) is 0 Å².